The van der Waals surface area contributed by atoms with Gasteiger partial charge in [-0.1, -0.05) is 65.4 Å². The Hall–Kier alpha value is -3.87. The highest BCUT2D eigenvalue weighted by atomic mass is 16.5. The summed E-state index contributed by atoms with van der Waals surface area (Å²) in [6, 6.07) is 17.5. The fourth-order valence-corrected chi connectivity index (χ4v) is 3.13. The Bertz CT molecular complexity index is 1180. The van der Waals surface area contributed by atoms with Gasteiger partial charge in [0.05, 0.1) is 24.2 Å². The lowest BCUT2D eigenvalue weighted by atomic mass is 10.0. The molecule has 7 nitrogen and oxygen atoms in total. The molecule has 150 valence electrons. The van der Waals surface area contributed by atoms with Gasteiger partial charge >= 0.3 is 5.97 Å². The van der Waals surface area contributed by atoms with E-state index < -0.39 is 5.97 Å². The van der Waals surface area contributed by atoms with Crippen LogP contribution in [-0.4, -0.2) is 37.5 Å². The average Bonchev–Trinajstić information content (AvgIpc) is 3.25. The van der Waals surface area contributed by atoms with Crippen LogP contribution in [0.3, 0.4) is 0 Å². The van der Waals surface area contributed by atoms with Gasteiger partial charge < -0.3 is 4.74 Å². The van der Waals surface area contributed by atoms with Crippen LogP contribution >= 0.6 is 0 Å². The van der Waals surface area contributed by atoms with E-state index in [0.29, 0.717) is 28.6 Å². The Morgan fingerprint density at radius 3 is 2.40 bits per heavy atom. The van der Waals surface area contributed by atoms with Crippen LogP contribution in [0.2, 0.25) is 0 Å². The quantitative estimate of drug-likeness (QED) is 0.468. The summed E-state index contributed by atoms with van der Waals surface area (Å²) in [6.07, 6.45) is 1.78. The molecule has 0 radical (unpaired) electrons. The minimum absolute atomic E-state index is 0.275. The van der Waals surface area contributed by atoms with Crippen molar-refractivity contribution in [1.82, 2.24) is 25.0 Å². The van der Waals surface area contributed by atoms with Crippen molar-refractivity contribution < 1.29 is 9.53 Å². The molecule has 30 heavy (non-hydrogen) atoms. The maximum Gasteiger partial charge on any atom is 0.342 e. The van der Waals surface area contributed by atoms with Gasteiger partial charge in [-0.25, -0.2) is 14.8 Å². The van der Waals surface area contributed by atoms with Crippen molar-refractivity contribution in [2.24, 2.45) is 0 Å². The van der Waals surface area contributed by atoms with Gasteiger partial charge in [-0.05, 0) is 20.8 Å². The molecule has 2 aromatic heterocycles. The first-order valence-electron chi connectivity index (χ1n) is 9.67. The third kappa shape index (κ3) is 3.82. The number of aryl methyl sites for hydroxylation is 2. The standard InChI is InChI=1S/C23H21N5O2/c1-4-30-22(29)20-16(3)24-23(25-21(20)18-8-6-5-7-9-18)28-14-19(26-27-28)17-12-10-15(2)11-13-17/h5-14H,4H2,1-3H3. The number of ether oxygens (including phenoxy) is 1. The van der Waals surface area contributed by atoms with Crippen molar-refractivity contribution in [3.05, 3.63) is 77.6 Å². The number of benzene rings is 2. The summed E-state index contributed by atoms with van der Waals surface area (Å²) in [4.78, 5) is 21.7. The van der Waals surface area contributed by atoms with E-state index in [9.17, 15) is 4.79 Å². The normalized spacial score (nSPS) is 10.8. The summed E-state index contributed by atoms with van der Waals surface area (Å²) in [5, 5.41) is 8.45. The van der Waals surface area contributed by atoms with E-state index in [1.54, 1.807) is 20.0 Å². The zero-order chi connectivity index (χ0) is 21.1. The first-order valence-corrected chi connectivity index (χ1v) is 9.67. The molecule has 0 aliphatic carbocycles. The number of aromatic nitrogens is 5. The van der Waals surface area contributed by atoms with Crippen molar-refractivity contribution in [1.29, 1.82) is 0 Å². The van der Waals surface area contributed by atoms with Gasteiger partial charge in [0.1, 0.15) is 11.3 Å². The molecule has 0 amide bonds. The lowest BCUT2D eigenvalue weighted by Gasteiger charge is -2.12. The molecule has 0 atom stereocenters. The predicted molar refractivity (Wildman–Crippen MR) is 113 cm³/mol. The van der Waals surface area contributed by atoms with Gasteiger partial charge in [0.25, 0.3) is 5.95 Å². The predicted octanol–water partition coefficient (Wildman–Crippen LogP) is 4.18. The molecular weight excluding hydrogens is 378 g/mol. The number of hydrogen-bond acceptors (Lipinski definition) is 6. The summed E-state index contributed by atoms with van der Waals surface area (Å²) in [5.41, 5.74) is 5.01. The minimum Gasteiger partial charge on any atom is -0.462 e. The second-order valence-corrected chi connectivity index (χ2v) is 6.83. The van der Waals surface area contributed by atoms with Gasteiger partial charge in [0.2, 0.25) is 0 Å². The van der Waals surface area contributed by atoms with Crippen LogP contribution in [0, 0.1) is 13.8 Å². The first-order chi connectivity index (χ1) is 14.6. The smallest absolute Gasteiger partial charge is 0.342 e. The number of carbonyl (C=O) groups excluding carboxylic acids is 1. The minimum atomic E-state index is -0.445. The summed E-state index contributed by atoms with van der Waals surface area (Å²) >= 11 is 0. The van der Waals surface area contributed by atoms with Crippen LogP contribution in [0.4, 0.5) is 0 Å². The fourth-order valence-electron chi connectivity index (χ4n) is 3.13. The van der Waals surface area contributed by atoms with E-state index in [1.807, 2.05) is 61.5 Å². The highest BCUT2D eigenvalue weighted by Gasteiger charge is 2.22. The molecule has 0 bridgehead atoms. The number of hydrogen-bond donors (Lipinski definition) is 0. The van der Waals surface area contributed by atoms with Gasteiger partial charge in [0.15, 0.2) is 0 Å². The number of carbonyl (C=O) groups is 1. The van der Waals surface area contributed by atoms with Gasteiger partial charge in [-0.3, -0.25) is 0 Å². The zero-order valence-electron chi connectivity index (χ0n) is 17.0. The van der Waals surface area contributed by atoms with Crippen molar-refractivity contribution in [3.8, 4) is 28.5 Å². The van der Waals surface area contributed by atoms with E-state index in [0.717, 1.165) is 11.1 Å². The highest BCUT2D eigenvalue weighted by molar-refractivity contribution is 5.97. The molecule has 4 aromatic rings. The van der Waals surface area contributed by atoms with Crippen LogP contribution in [0.25, 0.3) is 28.5 Å². The van der Waals surface area contributed by atoms with E-state index in [2.05, 4.69) is 20.3 Å². The van der Waals surface area contributed by atoms with Gasteiger partial charge in [-0.2, -0.15) is 4.68 Å². The Morgan fingerprint density at radius 1 is 0.967 bits per heavy atom. The van der Waals surface area contributed by atoms with E-state index in [1.165, 1.54) is 10.2 Å². The van der Waals surface area contributed by atoms with Crippen molar-refractivity contribution in [3.63, 3.8) is 0 Å². The van der Waals surface area contributed by atoms with Crippen molar-refractivity contribution in [2.75, 3.05) is 6.61 Å². The molecule has 7 heteroatoms. The Morgan fingerprint density at radius 2 is 1.70 bits per heavy atom. The fraction of sp³-hybridized carbons (Fsp3) is 0.174. The van der Waals surface area contributed by atoms with Crippen LogP contribution in [0.1, 0.15) is 28.5 Å². The lowest BCUT2D eigenvalue weighted by Crippen LogP contribution is -2.14. The molecule has 0 unspecified atom stereocenters. The molecular formula is C23H21N5O2. The Labute approximate surface area is 174 Å². The molecule has 2 aromatic carbocycles. The van der Waals surface area contributed by atoms with Crippen LogP contribution in [-0.2, 0) is 4.74 Å². The summed E-state index contributed by atoms with van der Waals surface area (Å²) in [7, 11) is 0. The maximum atomic E-state index is 12.6. The molecule has 4 rings (SSSR count). The maximum absolute atomic E-state index is 12.6. The number of nitrogens with zero attached hydrogens (tertiary/aromatic N) is 5. The molecule has 0 spiro atoms. The first kappa shape index (κ1) is 19.4. The molecule has 0 aliphatic heterocycles. The van der Waals surface area contributed by atoms with Gasteiger partial charge in [-0.15, -0.1) is 5.10 Å². The van der Waals surface area contributed by atoms with Crippen molar-refractivity contribution >= 4 is 5.97 Å². The second kappa shape index (κ2) is 8.24. The topological polar surface area (TPSA) is 82.8 Å². The third-order valence-electron chi connectivity index (χ3n) is 4.65. The molecule has 0 aliphatic rings. The summed E-state index contributed by atoms with van der Waals surface area (Å²) < 4.78 is 6.75. The lowest BCUT2D eigenvalue weighted by molar-refractivity contribution is 0.0525. The number of rotatable bonds is 5. The van der Waals surface area contributed by atoms with Crippen LogP contribution in [0.15, 0.2) is 60.8 Å². The summed E-state index contributed by atoms with van der Waals surface area (Å²) in [6.45, 7) is 5.85. The van der Waals surface area contributed by atoms with Crippen LogP contribution < -0.4 is 0 Å². The van der Waals surface area contributed by atoms with Crippen molar-refractivity contribution in [2.45, 2.75) is 20.8 Å². The average molecular weight is 399 g/mol. The molecule has 2 heterocycles. The molecule has 0 N–H and O–H groups in total. The molecule has 0 fully saturated rings. The third-order valence-corrected chi connectivity index (χ3v) is 4.65. The van der Waals surface area contributed by atoms with E-state index >= 15 is 0 Å². The van der Waals surface area contributed by atoms with E-state index in [-0.39, 0.29) is 6.61 Å². The monoisotopic (exact) mass is 399 g/mol. The zero-order valence-corrected chi connectivity index (χ0v) is 17.0. The largest absolute Gasteiger partial charge is 0.462 e. The Kier molecular flexibility index (Phi) is 5.34. The van der Waals surface area contributed by atoms with E-state index in [4.69, 9.17) is 4.74 Å². The second-order valence-electron chi connectivity index (χ2n) is 6.83. The SMILES string of the molecule is CCOC(=O)c1c(C)nc(-n2cc(-c3ccc(C)cc3)nn2)nc1-c1ccccc1. The Balaban J connectivity index is 1.81. The molecule has 0 saturated heterocycles. The molecule has 0 saturated carbocycles. The highest BCUT2D eigenvalue weighted by Crippen LogP contribution is 2.26. The van der Waals surface area contributed by atoms with Crippen LogP contribution in [0.5, 0.6) is 0 Å². The summed E-state index contributed by atoms with van der Waals surface area (Å²) in [5.74, 6) is -0.107. The number of esters is 1. The van der Waals surface area contributed by atoms with Gasteiger partial charge in [0, 0.05) is 11.1 Å².